The number of nitro groups is 1. The van der Waals surface area contributed by atoms with Gasteiger partial charge in [0.05, 0.1) is 4.92 Å². The van der Waals surface area contributed by atoms with Gasteiger partial charge in [0.15, 0.2) is 0 Å². The Morgan fingerprint density at radius 2 is 2.29 bits per heavy atom. The second-order valence-corrected chi connectivity index (χ2v) is 4.65. The summed E-state index contributed by atoms with van der Waals surface area (Å²) >= 11 is 0. The van der Waals surface area contributed by atoms with Crippen LogP contribution in [0.25, 0.3) is 0 Å². The van der Waals surface area contributed by atoms with Crippen LogP contribution in [0.4, 0.5) is 10.1 Å². The highest BCUT2D eigenvalue weighted by atomic mass is 19.1. The van der Waals surface area contributed by atoms with Crippen LogP contribution in [0.1, 0.15) is 18.9 Å². The van der Waals surface area contributed by atoms with E-state index in [2.05, 4.69) is 12.2 Å². The minimum atomic E-state index is -0.769. The Kier molecular flexibility index (Phi) is 3.38. The van der Waals surface area contributed by atoms with Crippen LogP contribution in [0.5, 0.6) is 0 Å². The average molecular weight is 238 g/mol. The van der Waals surface area contributed by atoms with Crippen molar-refractivity contribution in [2.75, 3.05) is 6.54 Å². The molecule has 0 amide bonds. The topological polar surface area (TPSA) is 55.2 Å². The van der Waals surface area contributed by atoms with Gasteiger partial charge in [-0.25, -0.2) is 0 Å². The number of nitrogens with one attached hydrogen (secondary N) is 1. The van der Waals surface area contributed by atoms with Gasteiger partial charge >= 0.3 is 5.69 Å². The summed E-state index contributed by atoms with van der Waals surface area (Å²) in [7, 11) is 0. The minimum absolute atomic E-state index is 0.468. The fourth-order valence-electron chi connectivity index (χ4n) is 1.89. The number of halogens is 1. The smallest absolute Gasteiger partial charge is 0.304 e. The number of rotatable bonds is 5. The molecule has 0 saturated heterocycles. The van der Waals surface area contributed by atoms with Crippen molar-refractivity contribution in [1.82, 2.24) is 5.32 Å². The third-order valence-corrected chi connectivity index (χ3v) is 3.22. The standard InChI is InChI=1S/C12H15FN2O2/c1-8-4-10(8)7-14-6-9-2-3-12(15(16)17)11(13)5-9/h2-3,5,8,10,14H,4,6-7H2,1H3. The molecule has 1 aromatic rings. The second-order valence-electron chi connectivity index (χ2n) is 4.65. The van der Waals surface area contributed by atoms with E-state index < -0.39 is 16.4 Å². The number of benzene rings is 1. The molecule has 2 unspecified atom stereocenters. The van der Waals surface area contributed by atoms with Crippen molar-refractivity contribution < 1.29 is 9.31 Å². The molecule has 0 heterocycles. The molecule has 1 aliphatic rings. The number of nitro benzene ring substituents is 1. The van der Waals surface area contributed by atoms with Crippen molar-refractivity contribution in [2.45, 2.75) is 19.9 Å². The van der Waals surface area contributed by atoms with Gasteiger partial charge in [-0.15, -0.1) is 0 Å². The normalized spacial score (nSPS) is 22.5. The first-order valence-corrected chi connectivity index (χ1v) is 5.71. The quantitative estimate of drug-likeness (QED) is 0.633. The lowest BCUT2D eigenvalue weighted by Gasteiger charge is -2.04. The fourth-order valence-corrected chi connectivity index (χ4v) is 1.89. The highest BCUT2D eigenvalue weighted by Gasteiger charge is 2.31. The van der Waals surface area contributed by atoms with E-state index in [1.54, 1.807) is 6.07 Å². The van der Waals surface area contributed by atoms with Gasteiger partial charge in [-0.3, -0.25) is 10.1 Å². The SMILES string of the molecule is CC1CC1CNCc1ccc([N+](=O)[O-])c(F)c1. The fraction of sp³-hybridized carbons (Fsp3) is 0.500. The predicted molar refractivity (Wildman–Crippen MR) is 62.0 cm³/mol. The van der Waals surface area contributed by atoms with Crippen LogP contribution in [-0.2, 0) is 6.54 Å². The van der Waals surface area contributed by atoms with Gasteiger partial charge in [-0.05, 0) is 36.4 Å². The summed E-state index contributed by atoms with van der Waals surface area (Å²) in [5, 5.41) is 13.7. The van der Waals surface area contributed by atoms with Gasteiger partial charge < -0.3 is 5.32 Å². The first-order chi connectivity index (χ1) is 8.08. The first kappa shape index (κ1) is 12.0. The molecule has 1 fully saturated rings. The first-order valence-electron chi connectivity index (χ1n) is 5.71. The van der Waals surface area contributed by atoms with Gasteiger partial charge in [0.2, 0.25) is 5.82 Å². The molecule has 1 N–H and O–H groups in total. The van der Waals surface area contributed by atoms with Gasteiger partial charge in [0.1, 0.15) is 0 Å². The summed E-state index contributed by atoms with van der Waals surface area (Å²) in [6.45, 7) is 3.69. The molecule has 2 rings (SSSR count). The van der Waals surface area contributed by atoms with Crippen molar-refractivity contribution in [2.24, 2.45) is 11.8 Å². The van der Waals surface area contributed by atoms with E-state index >= 15 is 0 Å². The highest BCUT2D eigenvalue weighted by Crippen LogP contribution is 2.36. The summed E-state index contributed by atoms with van der Waals surface area (Å²) in [4.78, 5) is 9.72. The Labute approximate surface area is 99.0 Å². The van der Waals surface area contributed by atoms with Crippen molar-refractivity contribution >= 4 is 5.69 Å². The lowest BCUT2D eigenvalue weighted by molar-refractivity contribution is -0.387. The summed E-state index contributed by atoms with van der Waals surface area (Å²) in [6, 6.07) is 4.03. The van der Waals surface area contributed by atoms with E-state index in [9.17, 15) is 14.5 Å². The number of hydrogen-bond donors (Lipinski definition) is 1. The lowest BCUT2D eigenvalue weighted by Crippen LogP contribution is -2.16. The molecule has 17 heavy (non-hydrogen) atoms. The van der Waals surface area contributed by atoms with Crippen LogP contribution >= 0.6 is 0 Å². The Morgan fingerprint density at radius 3 is 2.82 bits per heavy atom. The van der Waals surface area contributed by atoms with Crippen LogP contribution in [0.3, 0.4) is 0 Å². The Bertz CT molecular complexity index is 437. The monoisotopic (exact) mass is 238 g/mol. The Morgan fingerprint density at radius 1 is 1.59 bits per heavy atom. The maximum Gasteiger partial charge on any atom is 0.304 e. The molecule has 0 aliphatic heterocycles. The van der Waals surface area contributed by atoms with Crippen LogP contribution in [-0.4, -0.2) is 11.5 Å². The van der Waals surface area contributed by atoms with Crippen molar-refractivity contribution in [1.29, 1.82) is 0 Å². The second kappa shape index (κ2) is 4.79. The molecule has 0 aromatic heterocycles. The molecule has 92 valence electrons. The largest absolute Gasteiger partial charge is 0.312 e. The molecule has 0 spiro atoms. The molecule has 4 nitrogen and oxygen atoms in total. The Hall–Kier alpha value is -1.49. The zero-order valence-corrected chi connectivity index (χ0v) is 9.65. The third-order valence-electron chi connectivity index (χ3n) is 3.22. The molecule has 2 atom stereocenters. The average Bonchev–Trinajstić information content (AvgIpc) is 2.94. The summed E-state index contributed by atoms with van der Waals surface area (Å²) in [6.07, 6.45) is 1.25. The molecule has 1 aromatic carbocycles. The number of nitrogens with zero attached hydrogens (tertiary/aromatic N) is 1. The molecule has 0 radical (unpaired) electrons. The molecule has 1 saturated carbocycles. The van der Waals surface area contributed by atoms with E-state index in [1.165, 1.54) is 18.6 Å². The van der Waals surface area contributed by atoms with E-state index in [-0.39, 0.29) is 0 Å². The highest BCUT2D eigenvalue weighted by molar-refractivity contribution is 5.34. The molecular weight excluding hydrogens is 223 g/mol. The van der Waals surface area contributed by atoms with E-state index in [0.29, 0.717) is 6.54 Å². The van der Waals surface area contributed by atoms with Gasteiger partial charge in [-0.2, -0.15) is 4.39 Å². The summed E-state index contributed by atoms with van der Waals surface area (Å²) in [5.74, 6) is 0.753. The van der Waals surface area contributed by atoms with E-state index in [0.717, 1.165) is 23.9 Å². The van der Waals surface area contributed by atoms with Crippen LogP contribution in [0, 0.1) is 27.8 Å². The maximum atomic E-state index is 13.3. The van der Waals surface area contributed by atoms with Crippen molar-refractivity contribution in [3.63, 3.8) is 0 Å². The maximum absolute atomic E-state index is 13.3. The molecule has 5 heteroatoms. The van der Waals surface area contributed by atoms with E-state index in [1.807, 2.05) is 0 Å². The van der Waals surface area contributed by atoms with Gasteiger partial charge in [0, 0.05) is 12.6 Å². The summed E-state index contributed by atoms with van der Waals surface area (Å²) < 4.78 is 13.3. The van der Waals surface area contributed by atoms with Crippen LogP contribution in [0.15, 0.2) is 18.2 Å². The molecular formula is C12H15FN2O2. The van der Waals surface area contributed by atoms with Crippen molar-refractivity contribution in [3.05, 3.63) is 39.7 Å². The Balaban J connectivity index is 1.88. The zero-order valence-electron chi connectivity index (χ0n) is 9.65. The third kappa shape index (κ3) is 3.00. The summed E-state index contributed by atoms with van der Waals surface area (Å²) in [5.41, 5.74) is 0.269. The van der Waals surface area contributed by atoms with Gasteiger partial charge in [0.25, 0.3) is 0 Å². The minimum Gasteiger partial charge on any atom is -0.312 e. The van der Waals surface area contributed by atoms with Crippen molar-refractivity contribution in [3.8, 4) is 0 Å². The molecule has 0 bridgehead atoms. The zero-order chi connectivity index (χ0) is 12.4. The molecule has 1 aliphatic carbocycles. The van der Waals surface area contributed by atoms with E-state index in [4.69, 9.17) is 0 Å². The van der Waals surface area contributed by atoms with Crippen LogP contribution in [0.2, 0.25) is 0 Å². The van der Waals surface area contributed by atoms with Crippen LogP contribution < -0.4 is 5.32 Å². The lowest BCUT2D eigenvalue weighted by atomic mass is 10.2. The number of hydrogen-bond acceptors (Lipinski definition) is 3. The van der Waals surface area contributed by atoms with Gasteiger partial charge in [-0.1, -0.05) is 13.0 Å². The predicted octanol–water partition coefficient (Wildman–Crippen LogP) is 2.48.